The van der Waals surface area contributed by atoms with Crippen molar-refractivity contribution >= 4 is 51.1 Å². The first-order valence-electron chi connectivity index (χ1n) is 3.37. The Balaban J connectivity index is 3.50. The molecule has 0 radical (unpaired) electrons. The Labute approximate surface area is 106 Å². The van der Waals surface area contributed by atoms with Crippen LogP contribution in [-0.2, 0) is 0 Å². The summed E-state index contributed by atoms with van der Waals surface area (Å²) >= 11 is 3.40. The number of halogens is 4. The standard InChI is InChI=1S/C7H4F2I2N2O/c8-5(9)4-3(7(12)14)2(10)1-13-6(4)11/h1,5H,(H2,12,14). The molecule has 3 nitrogen and oxygen atoms in total. The van der Waals surface area contributed by atoms with E-state index < -0.39 is 12.3 Å². The van der Waals surface area contributed by atoms with E-state index in [1.807, 2.05) is 0 Å². The Bertz CT molecular complexity index is 384. The Morgan fingerprint density at radius 1 is 1.50 bits per heavy atom. The molecule has 0 bridgehead atoms. The topological polar surface area (TPSA) is 56.0 Å². The van der Waals surface area contributed by atoms with Crippen molar-refractivity contribution in [1.82, 2.24) is 4.98 Å². The van der Waals surface area contributed by atoms with E-state index in [9.17, 15) is 13.6 Å². The summed E-state index contributed by atoms with van der Waals surface area (Å²) in [6, 6.07) is 0. The van der Waals surface area contributed by atoms with Crippen LogP contribution in [0, 0.1) is 7.27 Å². The summed E-state index contributed by atoms with van der Waals surface area (Å²) in [5, 5.41) is 0. The van der Waals surface area contributed by atoms with E-state index in [2.05, 4.69) is 4.98 Å². The molecule has 0 spiro atoms. The summed E-state index contributed by atoms with van der Waals surface area (Å²) in [5.41, 5.74) is 4.49. The molecule has 0 aliphatic carbocycles. The SMILES string of the molecule is NC(=O)c1c(I)cnc(I)c1C(F)F. The lowest BCUT2D eigenvalue weighted by Gasteiger charge is -2.08. The van der Waals surface area contributed by atoms with Crippen LogP contribution < -0.4 is 5.73 Å². The smallest absolute Gasteiger partial charge is 0.267 e. The van der Waals surface area contributed by atoms with Gasteiger partial charge in [0, 0.05) is 9.77 Å². The molecule has 0 fully saturated rings. The van der Waals surface area contributed by atoms with Gasteiger partial charge in [-0.2, -0.15) is 0 Å². The molecule has 76 valence electrons. The van der Waals surface area contributed by atoms with Gasteiger partial charge in [0.25, 0.3) is 6.43 Å². The van der Waals surface area contributed by atoms with E-state index in [1.54, 1.807) is 45.2 Å². The summed E-state index contributed by atoms with van der Waals surface area (Å²) in [4.78, 5) is 14.7. The van der Waals surface area contributed by atoms with Crippen LogP contribution in [0.25, 0.3) is 0 Å². The van der Waals surface area contributed by atoms with Crippen molar-refractivity contribution in [2.75, 3.05) is 0 Å². The number of primary amides is 1. The van der Waals surface area contributed by atoms with Crippen LogP contribution in [0.2, 0.25) is 0 Å². The van der Waals surface area contributed by atoms with Crippen molar-refractivity contribution in [3.05, 3.63) is 24.6 Å². The summed E-state index contributed by atoms with van der Waals surface area (Å²) in [6.45, 7) is 0. The van der Waals surface area contributed by atoms with Gasteiger partial charge < -0.3 is 5.73 Å². The van der Waals surface area contributed by atoms with Crippen LogP contribution in [0.3, 0.4) is 0 Å². The molecule has 0 aliphatic rings. The minimum absolute atomic E-state index is 0.104. The summed E-state index contributed by atoms with van der Waals surface area (Å²) in [5.74, 6) is -0.856. The van der Waals surface area contributed by atoms with E-state index in [4.69, 9.17) is 5.73 Å². The molecule has 0 saturated carbocycles. The van der Waals surface area contributed by atoms with E-state index >= 15 is 0 Å². The Morgan fingerprint density at radius 3 is 2.43 bits per heavy atom. The van der Waals surface area contributed by atoms with E-state index in [0.29, 0.717) is 3.57 Å². The molecule has 1 aromatic rings. The number of carbonyl (C=O) groups is 1. The molecule has 1 amide bonds. The third kappa shape index (κ3) is 2.30. The van der Waals surface area contributed by atoms with E-state index in [0.717, 1.165) is 0 Å². The molecule has 0 aromatic carbocycles. The first kappa shape index (κ1) is 12.0. The molecule has 0 aliphatic heterocycles. The fourth-order valence-electron chi connectivity index (χ4n) is 0.929. The maximum Gasteiger partial charge on any atom is 0.267 e. The summed E-state index contributed by atoms with van der Waals surface area (Å²) < 4.78 is 25.6. The van der Waals surface area contributed by atoms with Gasteiger partial charge in [0.15, 0.2) is 0 Å². The second kappa shape index (κ2) is 4.64. The van der Waals surface area contributed by atoms with Gasteiger partial charge in [0.05, 0.1) is 11.1 Å². The molecule has 7 heteroatoms. The maximum atomic E-state index is 12.6. The predicted molar refractivity (Wildman–Crippen MR) is 63.1 cm³/mol. The van der Waals surface area contributed by atoms with Crippen LogP contribution in [0.5, 0.6) is 0 Å². The average molecular weight is 424 g/mol. The largest absolute Gasteiger partial charge is 0.366 e. The number of nitrogens with two attached hydrogens (primary N) is 1. The van der Waals surface area contributed by atoms with Crippen molar-refractivity contribution in [3.63, 3.8) is 0 Å². The average Bonchev–Trinajstić information content (AvgIpc) is 2.07. The lowest BCUT2D eigenvalue weighted by molar-refractivity contribution is 0.0984. The molecule has 0 saturated heterocycles. The van der Waals surface area contributed by atoms with Gasteiger partial charge in [-0.05, 0) is 45.2 Å². The summed E-state index contributed by atoms with van der Waals surface area (Å²) in [7, 11) is 0. The Morgan fingerprint density at radius 2 is 2.07 bits per heavy atom. The highest BCUT2D eigenvalue weighted by Gasteiger charge is 2.23. The summed E-state index contributed by atoms with van der Waals surface area (Å²) in [6.07, 6.45) is -1.40. The second-order valence-electron chi connectivity index (χ2n) is 2.35. The Kier molecular flexibility index (Phi) is 3.98. The van der Waals surface area contributed by atoms with Crippen LogP contribution >= 0.6 is 45.2 Å². The van der Waals surface area contributed by atoms with Crippen LogP contribution in [-0.4, -0.2) is 10.9 Å². The van der Waals surface area contributed by atoms with Crippen LogP contribution in [0.15, 0.2) is 6.20 Å². The fraction of sp³-hybridized carbons (Fsp3) is 0.143. The number of hydrogen-bond donors (Lipinski definition) is 1. The number of hydrogen-bond acceptors (Lipinski definition) is 2. The van der Waals surface area contributed by atoms with Gasteiger partial charge in [-0.1, -0.05) is 0 Å². The molecule has 1 heterocycles. The number of aromatic nitrogens is 1. The highest BCUT2D eigenvalue weighted by molar-refractivity contribution is 14.1. The number of carbonyl (C=O) groups excluding carboxylic acids is 1. The lowest BCUT2D eigenvalue weighted by atomic mass is 10.1. The van der Waals surface area contributed by atoms with Gasteiger partial charge in [-0.25, -0.2) is 13.8 Å². The number of nitrogens with zero attached hydrogens (tertiary/aromatic N) is 1. The number of alkyl halides is 2. The maximum absolute atomic E-state index is 12.6. The monoisotopic (exact) mass is 424 g/mol. The molecule has 1 aromatic heterocycles. The van der Waals surface area contributed by atoms with Gasteiger partial charge in [0.1, 0.15) is 3.70 Å². The third-order valence-corrected chi connectivity index (χ3v) is 3.16. The van der Waals surface area contributed by atoms with Crippen molar-refractivity contribution in [2.45, 2.75) is 6.43 Å². The molecular weight excluding hydrogens is 420 g/mol. The van der Waals surface area contributed by atoms with Gasteiger partial charge >= 0.3 is 0 Å². The van der Waals surface area contributed by atoms with E-state index in [-0.39, 0.29) is 14.8 Å². The van der Waals surface area contributed by atoms with Crippen molar-refractivity contribution in [3.8, 4) is 0 Å². The molecule has 0 atom stereocenters. The molecule has 1 rings (SSSR count). The van der Waals surface area contributed by atoms with Crippen molar-refractivity contribution in [2.24, 2.45) is 5.73 Å². The fourth-order valence-corrected chi connectivity index (χ4v) is 2.27. The second-order valence-corrected chi connectivity index (χ2v) is 4.53. The predicted octanol–water partition coefficient (Wildman–Crippen LogP) is 2.33. The molecule has 2 N–H and O–H groups in total. The normalized spacial score (nSPS) is 10.6. The zero-order valence-electron chi connectivity index (χ0n) is 6.60. The van der Waals surface area contributed by atoms with Crippen LogP contribution in [0.4, 0.5) is 8.78 Å². The van der Waals surface area contributed by atoms with Gasteiger partial charge in [-0.3, -0.25) is 4.79 Å². The molecule has 0 unspecified atom stereocenters. The van der Waals surface area contributed by atoms with E-state index in [1.165, 1.54) is 6.20 Å². The minimum Gasteiger partial charge on any atom is -0.366 e. The van der Waals surface area contributed by atoms with Crippen molar-refractivity contribution in [1.29, 1.82) is 0 Å². The Hall–Kier alpha value is -0.0600. The van der Waals surface area contributed by atoms with Crippen molar-refractivity contribution < 1.29 is 13.6 Å². The van der Waals surface area contributed by atoms with Crippen LogP contribution in [0.1, 0.15) is 22.3 Å². The molecular formula is C7H4F2I2N2O. The lowest BCUT2D eigenvalue weighted by Crippen LogP contribution is -2.17. The highest BCUT2D eigenvalue weighted by atomic mass is 127. The quantitative estimate of drug-likeness (QED) is 0.586. The first-order valence-corrected chi connectivity index (χ1v) is 5.52. The zero-order valence-corrected chi connectivity index (χ0v) is 10.9. The third-order valence-electron chi connectivity index (χ3n) is 1.49. The number of rotatable bonds is 2. The number of pyridine rings is 1. The zero-order chi connectivity index (χ0) is 10.9. The van der Waals surface area contributed by atoms with Gasteiger partial charge in [0.2, 0.25) is 5.91 Å². The first-order chi connectivity index (χ1) is 6.45. The van der Waals surface area contributed by atoms with Gasteiger partial charge in [-0.15, -0.1) is 0 Å². The highest BCUT2D eigenvalue weighted by Crippen LogP contribution is 2.29. The number of amides is 1. The molecule has 14 heavy (non-hydrogen) atoms. The minimum atomic E-state index is -2.74.